The summed E-state index contributed by atoms with van der Waals surface area (Å²) in [7, 11) is 0. The summed E-state index contributed by atoms with van der Waals surface area (Å²) >= 11 is 0. The van der Waals surface area contributed by atoms with Crippen LogP contribution in [0.4, 0.5) is 5.82 Å². The predicted molar refractivity (Wildman–Crippen MR) is 66.8 cm³/mol. The van der Waals surface area contributed by atoms with Gasteiger partial charge < -0.3 is 20.6 Å². The summed E-state index contributed by atoms with van der Waals surface area (Å²) in [5.41, 5.74) is 6.23. The number of amidine groups is 1. The monoisotopic (exact) mass is 251 g/mol. The maximum Gasteiger partial charge on any atom is 0.173 e. The second kappa shape index (κ2) is 5.18. The maximum atomic E-state index is 8.80. The molecule has 1 aliphatic rings. The number of morpholine rings is 1. The molecular formula is C11H17N5O2. The molecule has 0 spiro atoms. The van der Waals surface area contributed by atoms with Gasteiger partial charge in [-0.15, -0.1) is 5.10 Å². The van der Waals surface area contributed by atoms with Crippen LogP contribution in [-0.4, -0.2) is 46.5 Å². The van der Waals surface area contributed by atoms with Gasteiger partial charge in [-0.05, 0) is 19.9 Å². The van der Waals surface area contributed by atoms with E-state index >= 15 is 0 Å². The average Bonchev–Trinajstić information content (AvgIpc) is 2.40. The minimum Gasteiger partial charge on any atom is -0.409 e. The Morgan fingerprint density at radius 3 is 3.11 bits per heavy atom. The average molecular weight is 251 g/mol. The minimum atomic E-state index is 0.0336. The third kappa shape index (κ3) is 2.35. The van der Waals surface area contributed by atoms with Crippen molar-refractivity contribution < 1.29 is 9.94 Å². The van der Waals surface area contributed by atoms with Crippen molar-refractivity contribution in [1.29, 1.82) is 0 Å². The lowest BCUT2D eigenvalue weighted by Gasteiger charge is -2.38. The quantitative estimate of drug-likeness (QED) is 0.337. The summed E-state index contributed by atoms with van der Waals surface area (Å²) in [6.45, 7) is 5.36. The molecule has 3 N–H and O–H groups in total. The van der Waals surface area contributed by atoms with E-state index in [4.69, 9.17) is 15.7 Å². The molecule has 1 fully saturated rings. The zero-order valence-electron chi connectivity index (χ0n) is 10.4. The van der Waals surface area contributed by atoms with E-state index in [9.17, 15) is 0 Å². The molecule has 1 aromatic heterocycles. The van der Waals surface area contributed by atoms with Crippen molar-refractivity contribution in [2.45, 2.75) is 26.0 Å². The summed E-state index contributed by atoms with van der Waals surface area (Å²) < 4.78 is 5.57. The number of oxime groups is 1. The Bertz CT molecular complexity index is 451. The van der Waals surface area contributed by atoms with Gasteiger partial charge in [0.05, 0.1) is 30.5 Å². The lowest BCUT2D eigenvalue weighted by Crippen LogP contribution is -2.48. The minimum absolute atomic E-state index is 0.0336. The van der Waals surface area contributed by atoms with E-state index in [1.165, 1.54) is 6.20 Å². The van der Waals surface area contributed by atoms with Crippen LogP contribution in [0.15, 0.2) is 17.4 Å². The fraction of sp³-hybridized carbons (Fsp3) is 0.545. The fourth-order valence-electron chi connectivity index (χ4n) is 1.99. The van der Waals surface area contributed by atoms with Crippen molar-refractivity contribution in [3.05, 3.63) is 17.8 Å². The van der Waals surface area contributed by atoms with Gasteiger partial charge in [0.1, 0.15) is 0 Å². The van der Waals surface area contributed by atoms with Crippen molar-refractivity contribution >= 4 is 11.7 Å². The number of nitrogens with zero attached hydrogens (tertiary/aromatic N) is 4. The van der Waals surface area contributed by atoms with Gasteiger partial charge in [-0.3, -0.25) is 0 Å². The van der Waals surface area contributed by atoms with E-state index in [1.54, 1.807) is 6.07 Å². The van der Waals surface area contributed by atoms with Gasteiger partial charge in [0.25, 0.3) is 0 Å². The molecule has 1 aromatic rings. The van der Waals surface area contributed by atoms with Crippen molar-refractivity contribution in [1.82, 2.24) is 10.2 Å². The molecule has 0 aromatic carbocycles. The summed E-state index contributed by atoms with van der Waals surface area (Å²) in [5.74, 6) is 0.654. The van der Waals surface area contributed by atoms with Gasteiger partial charge in [0.15, 0.2) is 11.7 Å². The van der Waals surface area contributed by atoms with Crippen molar-refractivity contribution in [3.8, 4) is 0 Å². The molecule has 2 rings (SSSR count). The molecule has 1 saturated heterocycles. The Balaban J connectivity index is 2.37. The van der Waals surface area contributed by atoms with Crippen LogP contribution in [0.2, 0.25) is 0 Å². The van der Waals surface area contributed by atoms with Crippen molar-refractivity contribution in [2.75, 3.05) is 18.1 Å². The first kappa shape index (κ1) is 12.6. The number of nitrogens with two attached hydrogens (primary N) is 1. The Hall–Kier alpha value is -1.89. The second-order valence-corrected chi connectivity index (χ2v) is 4.40. The van der Waals surface area contributed by atoms with Gasteiger partial charge >= 0.3 is 0 Å². The molecule has 0 aliphatic carbocycles. The van der Waals surface area contributed by atoms with E-state index in [-0.39, 0.29) is 18.0 Å². The molecule has 0 bridgehead atoms. The Kier molecular flexibility index (Phi) is 3.61. The molecule has 7 nitrogen and oxygen atoms in total. The molecule has 98 valence electrons. The van der Waals surface area contributed by atoms with Crippen LogP contribution in [0.5, 0.6) is 0 Å². The van der Waals surface area contributed by atoms with Gasteiger partial charge in [-0.2, -0.15) is 5.10 Å². The van der Waals surface area contributed by atoms with Crippen LogP contribution in [0.1, 0.15) is 19.4 Å². The number of hydrogen-bond donors (Lipinski definition) is 2. The number of rotatable bonds is 2. The standard InChI is InChI=1S/C11H17N5O2/c1-7-6-18-8(2)5-16(7)11-9(10(12)15-17)3-4-13-14-11/h3-4,7-8,17H,5-6H2,1-2H3,(H2,12,15). The molecule has 0 amide bonds. The van der Waals surface area contributed by atoms with E-state index in [0.29, 0.717) is 24.5 Å². The lowest BCUT2D eigenvalue weighted by atomic mass is 10.1. The molecular weight excluding hydrogens is 234 g/mol. The summed E-state index contributed by atoms with van der Waals surface area (Å²) in [4.78, 5) is 2.06. The zero-order chi connectivity index (χ0) is 13.1. The van der Waals surface area contributed by atoms with Gasteiger partial charge in [0, 0.05) is 6.54 Å². The highest BCUT2D eigenvalue weighted by Crippen LogP contribution is 2.22. The van der Waals surface area contributed by atoms with Crippen LogP contribution in [0, 0.1) is 0 Å². The lowest BCUT2D eigenvalue weighted by molar-refractivity contribution is 0.0339. The Labute approximate surface area is 105 Å². The molecule has 2 atom stereocenters. The highest BCUT2D eigenvalue weighted by atomic mass is 16.5. The summed E-state index contributed by atoms with van der Waals surface area (Å²) in [6, 6.07) is 1.85. The number of anilines is 1. The number of ether oxygens (including phenoxy) is 1. The molecule has 7 heteroatoms. The first-order valence-electron chi connectivity index (χ1n) is 5.81. The van der Waals surface area contributed by atoms with E-state index in [2.05, 4.69) is 20.3 Å². The highest BCUT2D eigenvalue weighted by molar-refractivity contribution is 6.01. The molecule has 2 heterocycles. The van der Waals surface area contributed by atoms with Crippen molar-refractivity contribution in [2.24, 2.45) is 10.9 Å². The number of hydrogen-bond acceptors (Lipinski definition) is 6. The Morgan fingerprint density at radius 2 is 2.39 bits per heavy atom. The Morgan fingerprint density at radius 1 is 1.61 bits per heavy atom. The summed E-state index contributed by atoms with van der Waals surface area (Å²) in [6.07, 6.45) is 1.63. The van der Waals surface area contributed by atoms with Gasteiger partial charge in [-0.1, -0.05) is 5.16 Å². The van der Waals surface area contributed by atoms with Crippen LogP contribution in [0.25, 0.3) is 0 Å². The SMILES string of the molecule is CC1CN(c2nnccc2/C(N)=N/O)C(C)CO1. The van der Waals surface area contributed by atoms with Crippen LogP contribution in [-0.2, 0) is 4.74 Å². The largest absolute Gasteiger partial charge is 0.409 e. The third-order valence-electron chi connectivity index (χ3n) is 2.96. The molecule has 1 aliphatic heterocycles. The summed E-state index contributed by atoms with van der Waals surface area (Å²) in [5, 5.41) is 19.8. The number of aromatic nitrogens is 2. The first-order chi connectivity index (χ1) is 8.63. The maximum absolute atomic E-state index is 8.80. The molecule has 18 heavy (non-hydrogen) atoms. The fourth-order valence-corrected chi connectivity index (χ4v) is 1.99. The predicted octanol–water partition coefficient (Wildman–Crippen LogP) is 0.185. The molecule has 0 radical (unpaired) electrons. The van der Waals surface area contributed by atoms with Gasteiger partial charge in [-0.25, -0.2) is 0 Å². The van der Waals surface area contributed by atoms with Crippen LogP contribution >= 0.6 is 0 Å². The van der Waals surface area contributed by atoms with Gasteiger partial charge in [0.2, 0.25) is 0 Å². The second-order valence-electron chi connectivity index (χ2n) is 4.40. The normalized spacial score (nSPS) is 25.2. The van der Waals surface area contributed by atoms with Crippen LogP contribution in [0.3, 0.4) is 0 Å². The third-order valence-corrected chi connectivity index (χ3v) is 2.96. The highest BCUT2D eigenvalue weighted by Gasteiger charge is 2.27. The topological polar surface area (TPSA) is 96.9 Å². The van der Waals surface area contributed by atoms with Crippen LogP contribution < -0.4 is 10.6 Å². The smallest absolute Gasteiger partial charge is 0.173 e. The zero-order valence-corrected chi connectivity index (χ0v) is 10.4. The van der Waals surface area contributed by atoms with Crippen molar-refractivity contribution in [3.63, 3.8) is 0 Å². The van der Waals surface area contributed by atoms with E-state index < -0.39 is 0 Å². The first-order valence-corrected chi connectivity index (χ1v) is 5.81. The molecule has 0 saturated carbocycles. The van der Waals surface area contributed by atoms with E-state index in [1.807, 2.05) is 13.8 Å². The molecule has 2 unspecified atom stereocenters. The van der Waals surface area contributed by atoms with E-state index in [0.717, 1.165) is 0 Å².